The number of aliphatic hydroxyl groups excluding tert-OH is 1. The summed E-state index contributed by atoms with van der Waals surface area (Å²) in [6, 6.07) is 16.3. The van der Waals surface area contributed by atoms with Crippen LogP contribution in [0.2, 0.25) is 0 Å². The van der Waals surface area contributed by atoms with Crippen molar-refractivity contribution in [2.75, 3.05) is 13.1 Å². The fourth-order valence-corrected chi connectivity index (χ4v) is 4.29. The predicted octanol–water partition coefficient (Wildman–Crippen LogP) is 3.29. The lowest BCUT2D eigenvalue weighted by Gasteiger charge is -2.32. The van der Waals surface area contributed by atoms with Gasteiger partial charge in [0, 0.05) is 36.1 Å². The number of aromatic nitrogens is 1. The monoisotopic (exact) mass is 423 g/mol. The quantitative estimate of drug-likeness (QED) is 0.486. The third kappa shape index (κ3) is 4.49. The van der Waals surface area contributed by atoms with E-state index in [1.165, 1.54) is 4.90 Å². The van der Waals surface area contributed by atoms with E-state index in [1.54, 1.807) is 0 Å². The summed E-state index contributed by atoms with van der Waals surface area (Å²) in [4.78, 5) is 28.6. The SMILES string of the molecule is O=C(NCC(c1c[nH]c2ccccc12)[C@@H]1[C@@H](O)CCN1C(=O)O)OCc1ccccc1. The molecule has 1 aliphatic heterocycles. The molecule has 4 rings (SSSR count). The van der Waals surface area contributed by atoms with Gasteiger partial charge in [0.1, 0.15) is 6.61 Å². The molecule has 31 heavy (non-hydrogen) atoms. The Labute approximate surface area is 179 Å². The summed E-state index contributed by atoms with van der Waals surface area (Å²) in [5.41, 5.74) is 2.62. The van der Waals surface area contributed by atoms with Gasteiger partial charge in [0.2, 0.25) is 0 Å². The van der Waals surface area contributed by atoms with Crippen molar-refractivity contribution in [2.45, 2.75) is 31.1 Å². The molecule has 2 aromatic carbocycles. The molecule has 0 aliphatic carbocycles. The van der Waals surface area contributed by atoms with E-state index in [0.29, 0.717) is 6.42 Å². The Bertz CT molecular complexity index is 1050. The summed E-state index contributed by atoms with van der Waals surface area (Å²) < 4.78 is 5.30. The molecule has 1 saturated heterocycles. The molecule has 2 amide bonds. The number of alkyl carbamates (subject to hydrolysis) is 1. The Morgan fingerprint density at radius 1 is 1.16 bits per heavy atom. The van der Waals surface area contributed by atoms with Gasteiger partial charge < -0.3 is 30.2 Å². The lowest BCUT2D eigenvalue weighted by Crippen LogP contribution is -2.46. The van der Waals surface area contributed by atoms with Gasteiger partial charge in [-0.15, -0.1) is 0 Å². The number of carbonyl (C=O) groups is 2. The molecular weight excluding hydrogens is 398 g/mol. The van der Waals surface area contributed by atoms with Gasteiger partial charge in [-0.2, -0.15) is 0 Å². The fraction of sp³-hybridized carbons (Fsp3) is 0.304. The van der Waals surface area contributed by atoms with Crippen molar-refractivity contribution >= 4 is 23.1 Å². The van der Waals surface area contributed by atoms with Crippen LogP contribution in [0.5, 0.6) is 0 Å². The van der Waals surface area contributed by atoms with E-state index < -0.39 is 30.3 Å². The molecule has 1 unspecified atom stereocenters. The molecule has 0 radical (unpaired) electrons. The Hall–Kier alpha value is -3.52. The number of hydrogen-bond donors (Lipinski definition) is 4. The van der Waals surface area contributed by atoms with E-state index in [9.17, 15) is 19.8 Å². The number of nitrogens with zero attached hydrogens (tertiary/aromatic N) is 1. The van der Waals surface area contributed by atoms with Crippen LogP contribution in [-0.4, -0.2) is 57.5 Å². The van der Waals surface area contributed by atoms with Crippen LogP contribution in [0.3, 0.4) is 0 Å². The van der Waals surface area contributed by atoms with E-state index in [2.05, 4.69) is 10.3 Å². The maximum Gasteiger partial charge on any atom is 0.407 e. The molecule has 4 N–H and O–H groups in total. The van der Waals surface area contributed by atoms with Gasteiger partial charge in [0.15, 0.2) is 0 Å². The number of hydrogen-bond acceptors (Lipinski definition) is 4. The second-order valence-corrected chi connectivity index (χ2v) is 7.66. The van der Waals surface area contributed by atoms with E-state index in [0.717, 1.165) is 22.0 Å². The van der Waals surface area contributed by atoms with E-state index >= 15 is 0 Å². The smallest absolute Gasteiger partial charge is 0.407 e. The largest absolute Gasteiger partial charge is 0.465 e. The standard InChI is InChI=1S/C23H25N3O5/c27-20-10-11-26(23(29)30)21(20)18(17-12-24-19-9-5-4-8-16(17)19)13-25-22(28)31-14-15-6-2-1-3-7-15/h1-9,12,18,20-21,24,27H,10-11,13-14H2,(H,25,28)(H,29,30)/t18?,20-,21+/m0/s1. The van der Waals surface area contributed by atoms with Crippen LogP contribution in [-0.2, 0) is 11.3 Å². The number of fused-ring (bicyclic) bond motifs is 1. The zero-order valence-corrected chi connectivity index (χ0v) is 16.9. The first kappa shape index (κ1) is 20.7. The normalized spacial score (nSPS) is 19.3. The van der Waals surface area contributed by atoms with Crippen molar-refractivity contribution < 1.29 is 24.5 Å². The zero-order chi connectivity index (χ0) is 21.8. The molecule has 8 nitrogen and oxygen atoms in total. The van der Waals surface area contributed by atoms with Crippen LogP contribution in [0.1, 0.15) is 23.5 Å². The van der Waals surface area contributed by atoms with Crippen LogP contribution in [0.15, 0.2) is 60.8 Å². The van der Waals surface area contributed by atoms with Crippen LogP contribution in [0.4, 0.5) is 9.59 Å². The number of nitrogens with one attached hydrogen (secondary N) is 2. The topological polar surface area (TPSA) is 115 Å². The van der Waals surface area contributed by atoms with Gasteiger partial charge in [-0.3, -0.25) is 0 Å². The molecule has 8 heteroatoms. The number of para-hydroxylation sites is 1. The summed E-state index contributed by atoms with van der Waals surface area (Å²) in [6.45, 7) is 0.511. The summed E-state index contributed by atoms with van der Waals surface area (Å²) in [7, 11) is 0. The average Bonchev–Trinajstić information content (AvgIpc) is 3.38. The predicted molar refractivity (Wildman–Crippen MR) is 115 cm³/mol. The Balaban J connectivity index is 1.54. The van der Waals surface area contributed by atoms with Crippen molar-refractivity contribution in [3.8, 4) is 0 Å². The van der Waals surface area contributed by atoms with E-state index in [1.807, 2.05) is 60.8 Å². The molecule has 1 aromatic heterocycles. The maximum absolute atomic E-state index is 12.3. The van der Waals surface area contributed by atoms with Gasteiger partial charge in [-0.1, -0.05) is 48.5 Å². The highest BCUT2D eigenvalue weighted by Crippen LogP contribution is 2.35. The number of carbonyl (C=O) groups excluding carboxylic acids is 1. The average molecular weight is 423 g/mol. The number of ether oxygens (including phenoxy) is 1. The Kier molecular flexibility index (Phi) is 6.08. The Morgan fingerprint density at radius 2 is 1.90 bits per heavy atom. The highest BCUT2D eigenvalue weighted by Gasteiger charge is 2.42. The number of benzene rings is 2. The fourth-order valence-electron chi connectivity index (χ4n) is 4.29. The van der Waals surface area contributed by atoms with Crippen molar-refractivity contribution in [3.63, 3.8) is 0 Å². The number of rotatable bonds is 6. The summed E-state index contributed by atoms with van der Waals surface area (Å²) in [6.07, 6.45) is -0.330. The summed E-state index contributed by atoms with van der Waals surface area (Å²) >= 11 is 0. The minimum Gasteiger partial charge on any atom is -0.465 e. The second kappa shape index (κ2) is 9.09. The molecule has 0 saturated carbocycles. The van der Waals surface area contributed by atoms with Gasteiger partial charge in [0.25, 0.3) is 0 Å². The van der Waals surface area contributed by atoms with Gasteiger partial charge in [-0.05, 0) is 23.6 Å². The molecule has 3 aromatic rings. The van der Waals surface area contributed by atoms with Crippen molar-refractivity contribution in [1.29, 1.82) is 0 Å². The number of likely N-dealkylation sites (tertiary alicyclic amines) is 1. The lowest BCUT2D eigenvalue weighted by molar-refractivity contribution is 0.0856. The molecular formula is C23H25N3O5. The van der Waals surface area contributed by atoms with Crippen molar-refractivity contribution in [3.05, 3.63) is 71.9 Å². The lowest BCUT2D eigenvalue weighted by atomic mass is 9.88. The van der Waals surface area contributed by atoms with Gasteiger partial charge >= 0.3 is 12.2 Å². The number of aromatic amines is 1. The summed E-state index contributed by atoms with van der Waals surface area (Å²) in [5, 5.41) is 23.9. The first-order chi connectivity index (χ1) is 15.0. The Morgan fingerprint density at radius 3 is 2.68 bits per heavy atom. The number of H-pyrrole nitrogens is 1. The number of aliphatic hydroxyl groups is 1. The highest BCUT2D eigenvalue weighted by atomic mass is 16.5. The van der Waals surface area contributed by atoms with Crippen molar-refractivity contribution in [2.24, 2.45) is 0 Å². The minimum absolute atomic E-state index is 0.126. The molecule has 0 spiro atoms. The van der Waals surface area contributed by atoms with Crippen LogP contribution in [0, 0.1) is 0 Å². The first-order valence-corrected chi connectivity index (χ1v) is 10.2. The molecule has 1 fully saturated rings. The number of amides is 2. The third-order valence-electron chi connectivity index (χ3n) is 5.78. The van der Waals surface area contributed by atoms with E-state index in [-0.39, 0.29) is 19.7 Å². The zero-order valence-electron chi connectivity index (χ0n) is 16.9. The molecule has 2 heterocycles. The molecule has 0 bridgehead atoms. The third-order valence-corrected chi connectivity index (χ3v) is 5.78. The molecule has 1 aliphatic rings. The van der Waals surface area contributed by atoms with Crippen molar-refractivity contribution in [1.82, 2.24) is 15.2 Å². The second-order valence-electron chi connectivity index (χ2n) is 7.66. The number of carboxylic acid groups (broad SMARTS) is 1. The maximum atomic E-state index is 12.3. The first-order valence-electron chi connectivity index (χ1n) is 10.2. The minimum atomic E-state index is -1.09. The van der Waals surface area contributed by atoms with Gasteiger partial charge in [-0.25, -0.2) is 9.59 Å². The van der Waals surface area contributed by atoms with Crippen LogP contribution >= 0.6 is 0 Å². The van der Waals surface area contributed by atoms with Crippen LogP contribution < -0.4 is 5.32 Å². The highest BCUT2D eigenvalue weighted by molar-refractivity contribution is 5.84. The molecule has 3 atom stereocenters. The van der Waals surface area contributed by atoms with Gasteiger partial charge in [0.05, 0.1) is 12.1 Å². The summed E-state index contributed by atoms with van der Waals surface area (Å²) in [5.74, 6) is -0.450. The molecule has 162 valence electrons. The van der Waals surface area contributed by atoms with E-state index in [4.69, 9.17) is 4.74 Å². The van der Waals surface area contributed by atoms with Crippen LogP contribution in [0.25, 0.3) is 10.9 Å².